The van der Waals surface area contributed by atoms with Gasteiger partial charge in [0.05, 0.1) is 18.4 Å². The second kappa shape index (κ2) is 5.30. The molecule has 1 aromatic rings. The van der Waals surface area contributed by atoms with Crippen molar-refractivity contribution in [2.75, 3.05) is 6.61 Å². The highest BCUT2D eigenvalue weighted by atomic mass is 32.1. The van der Waals surface area contributed by atoms with E-state index in [-0.39, 0.29) is 11.9 Å². The van der Waals surface area contributed by atoms with E-state index < -0.39 is 5.41 Å². The minimum absolute atomic E-state index is 0.185. The molecule has 19 heavy (non-hydrogen) atoms. The molecule has 0 bridgehead atoms. The van der Waals surface area contributed by atoms with Gasteiger partial charge in [-0.3, -0.25) is 4.79 Å². The Bertz CT molecular complexity index is 528. The highest BCUT2D eigenvalue weighted by molar-refractivity contribution is 7.12. The Morgan fingerprint density at radius 3 is 3.00 bits per heavy atom. The van der Waals surface area contributed by atoms with Crippen LogP contribution < -0.4 is 0 Å². The van der Waals surface area contributed by atoms with Crippen LogP contribution in [0.15, 0.2) is 0 Å². The van der Waals surface area contributed by atoms with Crippen molar-refractivity contribution in [3.8, 4) is 6.07 Å². The number of esters is 1. The Kier molecular flexibility index (Phi) is 3.91. The summed E-state index contributed by atoms with van der Waals surface area (Å²) < 4.78 is 5.12. The molecule has 0 radical (unpaired) electrons. The molecule has 0 aliphatic heterocycles. The lowest BCUT2D eigenvalue weighted by Gasteiger charge is -2.19. The maximum atomic E-state index is 12.0. The van der Waals surface area contributed by atoms with Crippen molar-refractivity contribution in [2.24, 2.45) is 0 Å². The minimum Gasteiger partial charge on any atom is -0.465 e. The van der Waals surface area contributed by atoms with Crippen LogP contribution in [-0.4, -0.2) is 17.6 Å². The molecular formula is C14H18N2O2S. The van der Waals surface area contributed by atoms with Crippen LogP contribution in [0.25, 0.3) is 0 Å². The van der Waals surface area contributed by atoms with Crippen LogP contribution in [0.3, 0.4) is 0 Å². The Morgan fingerprint density at radius 1 is 1.63 bits per heavy atom. The Labute approximate surface area is 117 Å². The number of thiazole rings is 1. The zero-order valence-corrected chi connectivity index (χ0v) is 12.3. The van der Waals surface area contributed by atoms with E-state index in [0.717, 1.165) is 34.8 Å². The topological polar surface area (TPSA) is 63.0 Å². The van der Waals surface area contributed by atoms with Gasteiger partial charge in [-0.05, 0) is 40.0 Å². The summed E-state index contributed by atoms with van der Waals surface area (Å²) in [7, 11) is 0. The highest BCUT2D eigenvalue weighted by Crippen LogP contribution is 2.38. The fourth-order valence-corrected chi connectivity index (χ4v) is 3.42. The van der Waals surface area contributed by atoms with Crippen LogP contribution in [0.2, 0.25) is 0 Å². The number of nitrogens with zero attached hydrogens (tertiary/aromatic N) is 2. The molecule has 1 aliphatic rings. The molecule has 0 aromatic carbocycles. The van der Waals surface area contributed by atoms with Gasteiger partial charge in [0.1, 0.15) is 16.3 Å². The molecule has 5 heteroatoms. The zero-order valence-electron chi connectivity index (χ0n) is 11.5. The van der Waals surface area contributed by atoms with Crippen molar-refractivity contribution < 1.29 is 9.53 Å². The molecule has 1 aliphatic carbocycles. The zero-order chi connectivity index (χ0) is 14.0. The number of rotatable bonds is 3. The van der Waals surface area contributed by atoms with E-state index in [9.17, 15) is 10.1 Å². The summed E-state index contributed by atoms with van der Waals surface area (Å²) in [5.74, 6) is -0.432. The first-order valence-corrected chi connectivity index (χ1v) is 7.39. The molecule has 1 atom stereocenters. The number of ether oxygens (including phenoxy) is 1. The number of aryl methyl sites for hydroxylation is 1. The van der Waals surface area contributed by atoms with Crippen molar-refractivity contribution in [1.29, 1.82) is 5.26 Å². The summed E-state index contributed by atoms with van der Waals surface area (Å²) in [4.78, 5) is 17.7. The summed E-state index contributed by atoms with van der Waals surface area (Å²) in [6, 6.07) is 2.27. The minimum atomic E-state index is -0.596. The van der Waals surface area contributed by atoms with E-state index in [4.69, 9.17) is 4.74 Å². The van der Waals surface area contributed by atoms with Gasteiger partial charge in [0.2, 0.25) is 0 Å². The standard InChI is InChI=1S/C14H18N2O2S/c1-4-18-12(17)9-6-5-7-10-11(9)16-13(19-10)14(2,3)8-15/h9H,4-7H2,1-3H3. The molecule has 4 nitrogen and oxygen atoms in total. The van der Waals surface area contributed by atoms with E-state index in [2.05, 4.69) is 11.1 Å². The van der Waals surface area contributed by atoms with Gasteiger partial charge in [0.15, 0.2) is 0 Å². The molecule has 0 saturated carbocycles. The third-order valence-corrected chi connectivity index (χ3v) is 4.79. The van der Waals surface area contributed by atoms with Crippen molar-refractivity contribution in [3.63, 3.8) is 0 Å². The molecule has 0 spiro atoms. The maximum Gasteiger partial charge on any atom is 0.315 e. The van der Waals surface area contributed by atoms with Gasteiger partial charge < -0.3 is 4.74 Å². The molecule has 0 fully saturated rings. The predicted molar refractivity (Wildman–Crippen MR) is 73.1 cm³/mol. The lowest BCUT2D eigenvalue weighted by molar-refractivity contribution is -0.145. The smallest absolute Gasteiger partial charge is 0.315 e. The second-order valence-electron chi connectivity index (χ2n) is 5.26. The average molecular weight is 278 g/mol. The van der Waals surface area contributed by atoms with Gasteiger partial charge in [-0.25, -0.2) is 4.98 Å². The monoisotopic (exact) mass is 278 g/mol. The van der Waals surface area contributed by atoms with Gasteiger partial charge >= 0.3 is 5.97 Å². The van der Waals surface area contributed by atoms with E-state index in [1.54, 1.807) is 11.3 Å². The first kappa shape index (κ1) is 14.0. The SMILES string of the molecule is CCOC(=O)C1CCCc2sc(C(C)(C)C#N)nc21. The van der Waals surface area contributed by atoms with E-state index >= 15 is 0 Å². The lowest BCUT2D eigenvalue weighted by Crippen LogP contribution is -2.21. The van der Waals surface area contributed by atoms with Gasteiger partial charge in [0.25, 0.3) is 0 Å². The highest BCUT2D eigenvalue weighted by Gasteiger charge is 2.34. The second-order valence-corrected chi connectivity index (χ2v) is 6.34. The molecule has 0 saturated heterocycles. The van der Waals surface area contributed by atoms with Gasteiger partial charge in [-0.15, -0.1) is 11.3 Å². The normalized spacial score (nSPS) is 18.5. The van der Waals surface area contributed by atoms with Crippen molar-refractivity contribution in [1.82, 2.24) is 4.98 Å². The molecule has 2 rings (SSSR count). The Morgan fingerprint density at radius 2 is 2.37 bits per heavy atom. The molecule has 1 heterocycles. The number of nitriles is 1. The Balaban J connectivity index is 2.35. The summed E-state index contributed by atoms with van der Waals surface area (Å²) in [6.45, 7) is 5.92. The largest absolute Gasteiger partial charge is 0.465 e. The fraction of sp³-hybridized carbons (Fsp3) is 0.643. The molecular weight excluding hydrogens is 260 g/mol. The average Bonchev–Trinajstić information content (AvgIpc) is 2.83. The Hall–Kier alpha value is -1.41. The van der Waals surface area contributed by atoms with E-state index in [1.165, 1.54) is 0 Å². The number of carbonyl (C=O) groups excluding carboxylic acids is 1. The van der Waals surface area contributed by atoms with Crippen LogP contribution in [0.1, 0.15) is 55.1 Å². The van der Waals surface area contributed by atoms with Gasteiger partial charge in [-0.1, -0.05) is 0 Å². The van der Waals surface area contributed by atoms with Crippen LogP contribution in [0.4, 0.5) is 0 Å². The van der Waals surface area contributed by atoms with Crippen LogP contribution in [0, 0.1) is 11.3 Å². The number of hydrogen-bond donors (Lipinski definition) is 0. The van der Waals surface area contributed by atoms with Crippen LogP contribution in [0.5, 0.6) is 0 Å². The fourth-order valence-electron chi connectivity index (χ4n) is 2.21. The third-order valence-electron chi connectivity index (χ3n) is 3.34. The van der Waals surface area contributed by atoms with Crippen LogP contribution in [-0.2, 0) is 21.4 Å². The molecule has 1 unspecified atom stereocenters. The number of hydrogen-bond acceptors (Lipinski definition) is 5. The summed E-state index contributed by atoms with van der Waals surface area (Å²) in [5, 5.41) is 10.00. The molecule has 1 aromatic heterocycles. The van der Waals surface area contributed by atoms with Crippen molar-refractivity contribution in [2.45, 2.75) is 51.4 Å². The molecule has 102 valence electrons. The summed E-state index contributed by atoms with van der Waals surface area (Å²) in [6.07, 6.45) is 2.72. The first-order chi connectivity index (χ1) is 8.99. The number of carbonyl (C=O) groups is 1. The lowest BCUT2D eigenvalue weighted by atomic mass is 9.90. The molecule has 0 N–H and O–H groups in total. The maximum absolute atomic E-state index is 12.0. The van der Waals surface area contributed by atoms with Crippen molar-refractivity contribution >= 4 is 17.3 Å². The summed E-state index contributed by atoms with van der Waals surface area (Å²) >= 11 is 1.56. The van der Waals surface area contributed by atoms with E-state index in [1.807, 2.05) is 20.8 Å². The predicted octanol–water partition coefficient (Wildman–Crippen LogP) is 2.93. The van der Waals surface area contributed by atoms with Gasteiger partial charge in [0, 0.05) is 4.88 Å². The first-order valence-electron chi connectivity index (χ1n) is 6.57. The molecule has 0 amide bonds. The van der Waals surface area contributed by atoms with Crippen LogP contribution >= 0.6 is 11.3 Å². The van der Waals surface area contributed by atoms with Gasteiger partial charge in [-0.2, -0.15) is 5.26 Å². The van der Waals surface area contributed by atoms with E-state index in [0.29, 0.717) is 6.61 Å². The quantitative estimate of drug-likeness (QED) is 0.797. The van der Waals surface area contributed by atoms with Crippen molar-refractivity contribution in [3.05, 3.63) is 15.6 Å². The third kappa shape index (κ3) is 2.64. The number of fused-ring (bicyclic) bond motifs is 1. The number of aromatic nitrogens is 1. The summed E-state index contributed by atoms with van der Waals surface area (Å²) in [5.41, 5.74) is 0.245.